The number of hydrogen-bond acceptors (Lipinski definition) is 1. The molecule has 13 aromatic rings. The summed E-state index contributed by atoms with van der Waals surface area (Å²) in [6.07, 6.45) is 0. The van der Waals surface area contributed by atoms with Crippen molar-refractivity contribution in [3.8, 4) is 72.4 Å². The zero-order chi connectivity index (χ0) is 49.5. The number of para-hydroxylation sites is 5. The lowest BCUT2D eigenvalue weighted by molar-refractivity contribution is 0.749. The van der Waals surface area contributed by atoms with E-state index in [1.165, 1.54) is 94.3 Å². The number of aromatic nitrogens is 1. The van der Waals surface area contributed by atoms with Crippen LogP contribution in [-0.4, -0.2) is 4.57 Å². The van der Waals surface area contributed by atoms with Crippen LogP contribution in [0.5, 0.6) is 0 Å². The van der Waals surface area contributed by atoms with Crippen LogP contribution in [0.2, 0.25) is 0 Å². The average Bonchev–Trinajstić information content (AvgIpc) is 4.23. The van der Waals surface area contributed by atoms with Crippen molar-refractivity contribution in [2.24, 2.45) is 0 Å². The zero-order valence-corrected chi connectivity index (χ0v) is 41.1. The van der Waals surface area contributed by atoms with Crippen LogP contribution < -0.4 is 4.90 Å². The highest BCUT2D eigenvalue weighted by atomic mass is 15.1. The molecule has 15 rings (SSSR count). The number of nitrogens with zero attached hydrogens (tertiary/aromatic N) is 2. The van der Waals surface area contributed by atoms with Gasteiger partial charge in [-0.15, -0.1) is 0 Å². The lowest BCUT2D eigenvalue weighted by Gasteiger charge is -2.39. The van der Waals surface area contributed by atoms with E-state index in [9.17, 15) is 0 Å². The molecule has 2 nitrogen and oxygen atoms in total. The summed E-state index contributed by atoms with van der Waals surface area (Å²) in [7, 11) is 0. The van der Waals surface area contributed by atoms with Crippen LogP contribution in [0.25, 0.3) is 94.3 Å². The van der Waals surface area contributed by atoms with Gasteiger partial charge in [0, 0.05) is 27.6 Å². The van der Waals surface area contributed by atoms with Crippen molar-refractivity contribution in [1.29, 1.82) is 0 Å². The molecule has 0 saturated carbocycles. The Kier molecular flexibility index (Phi) is 9.83. The van der Waals surface area contributed by atoms with Crippen molar-refractivity contribution in [3.05, 3.63) is 313 Å². The lowest BCUT2D eigenvalue weighted by Crippen LogP contribution is -2.33. The highest BCUT2D eigenvalue weighted by molar-refractivity contribution is 6.13. The van der Waals surface area contributed by atoms with Crippen LogP contribution in [0, 0.1) is 0 Å². The SMILES string of the molecule is c1ccc(-c2ccc(-c3ccccc3N(c3ccc(-c4ccc5c(c4)C4(c6ccccc6-5)c5ccccc5-n5c6ccccc6c6cccc4c65)cc3)c3ccccc3-c3ccccc3-c3ccccc3)cc2)cc1. The first kappa shape index (κ1) is 42.9. The summed E-state index contributed by atoms with van der Waals surface area (Å²) in [6, 6.07) is 108. The third-order valence-electron chi connectivity index (χ3n) is 16.0. The predicted molar refractivity (Wildman–Crippen MR) is 314 cm³/mol. The van der Waals surface area contributed by atoms with Gasteiger partial charge in [0.25, 0.3) is 0 Å². The Balaban J connectivity index is 0.905. The second-order valence-electron chi connectivity index (χ2n) is 19.9. The van der Waals surface area contributed by atoms with Gasteiger partial charge in [0.1, 0.15) is 0 Å². The Labute approximate surface area is 437 Å². The molecule has 2 heterocycles. The minimum atomic E-state index is -0.526. The first-order valence-electron chi connectivity index (χ1n) is 26.0. The number of hydrogen-bond donors (Lipinski definition) is 0. The van der Waals surface area contributed by atoms with Gasteiger partial charge in [-0.1, -0.05) is 249 Å². The minimum absolute atomic E-state index is 0.526. The molecule has 0 amide bonds. The molecule has 0 N–H and O–H groups in total. The van der Waals surface area contributed by atoms with Crippen LogP contribution in [-0.2, 0) is 5.41 Å². The van der Waals surface area contributed by atoms with Crippen LogP contribution in [0.4, 0.5) is 17.1 Å². The first-order valence-corrected chi connectivity index (χ1v) is 26.0. The highest BCUT2D eigenvalue weighted by Gasteiger charge is 2.50. The molecule has 2 heteroatoms. The fourth-order valence-electron chi connectivity index (χ4n) is 12.8. The summed E-state index contributed by atoms with van der Waals surface area (Å²) in [6.45, 7) is 0. The summed E-state index contributed by atoms with van der Waals surface area (Å²) in [5.41, 5.74) is 26.1. The Morgan fingerprint density at radius 3 is 1.52 bits per heavy atom. The van der Waals surface area contributed by atoms with E-state index in [1.54, 1.807) is 0 Å². The predicted octanol–water partition coefficient (Wildman–Crippen LogP) is 19.3. The van der Waals surface area contributed by atoms with Crippen LogP contribution >= 0.6 is 0 Å². The standard InChI is InChI=1S/C73H48N2/c1-3-20-49(21-4-1)50-38-40-53(41-39-50)57-25-10-15-34-68(57)74(69-35-16-11-28-61(69)58-26-8-7-24-56(58)52-22-5-2-6-23-52)55-45-42-51(43-46-55)54-44-47-60-59-27-9-13-31-64(59)73(67(60)48-54)65-32-14-18-37-71(65)75-70-36-17-12-29-62(70)63-30-19-33-66(73)72(63)75/h1-48H. The van der Waals surface area contributed by atoms with Gasteiger partial charge in [-0.3, -0.25) is 0 Å². The molecule has 1 unspecified atom stereocenters. The van der Waals surface area contributed by atoms with Gasteiger partial charge in [0.15, 0.2) is 0 Å². The molecule has 1 spiro atoms. The fraction of sp³-hybridized carbons (Fsp3) is 0.0137. The van der Waals surface area contributed by atoms with Crippen molar-refractivity contribution < 1.29 is 0 Å². The van der Waals surface area contributed by atoms with Crippen molar-refractivity contribution >= 4 is 38.9 Å². The molecule has 2 aliphatic rings. The Bertz CT molecular complexity index is 4340. The Morgan fingerprint density at radius 2 is 0.747 bits per heavy atom. The Morgan fingerprint density at radius 1 is 0.267 bits per heavy atom. The third kappa shape index (κ3) is 6.53. The summed E-state index contributed by atoms with van der Waals surface area (Å²) < 4.78 is 2.52. The van der Waals surface area contributed by atoms with E-state index in [4.69, 9.17) is 0 Å². The lowest BCUT2D eigenvalue weighted by atomic mass is 9.65. The molecule has 1 aromatic heterocycles. The monoisotopic (exact) mass is 952 g/mol. The second-order valence-corrected chi connectivity index (χ2v) is 19.9. The van der Waals surface area contributed by atoms with E-state index < -0.39 is 5.41 Å². The van der Waals surface area contributed by atoms with Crippen molar-refractivity contribution in [2.75, 3.05) is 4.90 Å². The maximum absolute atomic E-state index is 2.52. The number of benzene rings is 12. The maximum atomic E-state index is 2.52. The minimum Gasteiger partial charge on any atom is -0.309 e. The van der Waals surface area contributed by atoms with E-state index in [2.05, 4.69) is 301 Å². The van der Waals surface area contributed by atoms with Gasteiger partial charge in [-0.05, 0) is 120 Å². The molecule has 0 bridgehead atoms. The molecule has 0 fully saturated rings. The molecule has 0 radical (unpaired) electrons. The first-order chi connectivity index (χ1) is 37.2. The topological polar surface area (TPSA) is 8.17 Å². The van der Waals surface area contributed by atoms with Gasteiger partial charge in [-0.2, -0.15) is 0 Å². The fourth-order valence-corrected chi connectivity index (χ4v) is 12.8. The molecule has 1 atom stereocenters. The third-order valence-corrected chi connectivity index (χ3v) is 16.0. The molecule has 0 saturated heterocycles. The number of anilines is 3. The molecule has 12 aromatic carbocycles. The van der Waals surface area contributed by atoms with E-state index in [0.29, 0.717) is 0 Å². The van der Waals surface area contributed by atoms with Gasteiger partial charge >= 0.3 is 0 Å². The van der Waals surface area contributed by atoms with Crippen LogP contribution in [0.15, 0.2) is 291 Å². The Hall–Kier alpha value is -9.76. The van der Waals surface area contributed by atoms with Crippen molar-refractivity contribution in [2.45, 2.75) is 5.41 Å². The average molecular weight is 953 g/mol. The van der Waals surface area contributed by atoms with E-state index in [0.717, 1.165) is 39.3 Å². The van der Waals surface area contributed by atoms with Crippen LogP contribution in [0.1, 0.15) is 22.3 Å². The molecular weight excluding hydrogens is 905 g/mol. The van der Waals surface area contributed by atoms with Gasteiger partial charge < -0.3 is 9.47 Å². The number of fused-ring (bicyclic) bond motifs is 12. The zero-order valence-electron chi connectivity index (χ0n) is 41.1. The normalized spacial score (nSPS) is 13.9. The van der Waals surface area contributed by atoms with E-state index >= 15 is 0 Å². The summed E-state index contributed by atoms with van der Waals surface area (Å²) in [5.74, 6) is 0. The molecule has 75 heavy (non-hydrogen) atoms. The van der Waals surface area contributed by atoms with E-state index in [1.807, 2.05) is 0 Å². The molecular formula is C73H48N2. The quantitative estimate of drug-likeness (QED) is 0.147. The highest BCUT2D eigenvalue weighted by Crippen LogP contribution is 2.61. The molecule has 350 valence electrons. The van der Waals surface area contributed by atoms with Gasteiger partial charge in [0.2, 0.25) is 0 Å². The molecule has 1 aliphatic heterocycles. The van der Waals surface area contributed by atoms with E-state index in [-0.39, 0.29) is 0 Å². The number of rotatable bonds is 8. The van der Waals surface area contributed by atoms with Gasteiger partial charge in [-0.25, -0.2) is 0 Å². The second kappa shape index (κ2) is 17.2. The maximum Gasteiger partial charge on any atom is 0.0754 e. The van der Waals surface area contributed by atoms with Crippen molar-refractivity contribution in [1.82, 2.24) is 4.57 Å². The molecule has 1 aliphatic carbocycles. The summed E-state index contributed by atoms with van der Waals surface area (Å²) >= 11 is 0. The van der Waals surface area contributed by atoms with Crippen LogP contribution in [0.3, 0.4) is 0 Å². The largest absolute Gasteiger partial charge is 0.309 e. The van der Waals surface area contributed by atoms with Gasteiger partial charge in [0.05, 0.1) is 33.5 Å². The van der Waals surface area contributed by atoms with Crippen molar-refractivity contribution in [3.63, 3.8) is 0 Å². The smallest absolute Gasteiger partial charge is 0.0754 e. The summed E-state index contributed by atoms with van der Waals surface area (Å²) in [5, 5.41) is 2.57. The summed E-state index contributed by atoms with van der Waals surface area (Å²) in [4.78, 5) is 2.47.